The molecule has 1 aromatic heterocycles. The molecule has 1 aromatic carbocycles. The maximum atomic E-state index is 13.3. The minimum absolute atomic E-state index is 0.0947. The molecule has 1 fully saturated rings. The van der Waals surface area contributed by atoms with Crippen LogP contribution in [0.15, 0.2) is 42.6 Å². The van der Waals surface area contributed by atoms with E-state index < -0.39 is 0 Å². The van der Waals surface area contributed by atoms with Crippen LogP contribution in [0.2, 0.25) is 0 Å². The van der Waals surface area contributed by atoms with Crippen LogP contribution < -0.4 is 5.32 Å². The van der Waals surface area contributed by atoms with Crippen molar-refractivity contribution in [3.8, 4) is 11.1 Å². The van der Waals surface area contributed by atoms with Gasteiger partial charge in [-0.1, -0.05) is 18.2 Å². The summed E-state index contributed by atoms with van der Waals surface area (Å²) in [6, 6.07) is 10.7. The Balaban J connectivity index is 1.84. The van der Waals surface area contributed by atoms with Gasteiger partial charge in [-0.15, -0.1) is 0 Å². The Labute approximate surface area is 131 Å². The second-order valence-corrected chi connectivity index (χ2v) is 6.24. The quantitative estimate of drug-likeness (QED) is 0.944. The molecular formula is C18H22FN3. The Hall–Kier alpha value is -1.78. The summed E-state index contributed by atoms with van der Waals surface area (Å²) in [7, 11) is 0. The largest absolute Gasteiger partial charge is 0.314 e. The van der Waals surface area contributed by atoms with Gasteiger partial charge < -0.3 is 5.32 Å². The molecule has 0 spiro atoms. The van der Waals surface area contributed by atoms with Gasteiger partial charge in [0.2, 0.25) is 0 Å². The summed E-state index contributed by atoms with van der Waals surface area (Å²) < 4.78 is 13.3. The summed E-state index contributed by atoms with van der Waals surface area (Å²) in [6.07, 6.45) is 1.84. The first-order valence-corrected chi connectivity index (χ1v) is 7.75. The molecule has 0 unspecified atom stereocenters. The predicted octanol–water partition coefficient (Wildman–Crippen LogP) is 3.03. The topological polar surface area (TPSA) is 28.2 Å². The summed E-state index contributed by atoms with van der Waals surface area (Å²) in [5.41, 5.74) is 2.76. The first kappa shape index (κ1) is 15.1. The molecule has 2 aromatic rings. The molecule has 2 heterocycles. The zero-order valence-corrected chi connectivity index (χ0v) is 13.1. The normalized spacial score (nSPS) is 16.7. The van der Waals surface area contributed by atoms with Crippen molar-refractivity contribution in [1.29, 1.82) is 0 Å². The zero-order chi connectivity index (χ0) is 15.6. The molecular weight excluding hydrogens is 277 g/mol. The highest BCUT2D eigenvalue weighted by Gasteiger charge is 2.30. The number of rotatable bonds is 3. The van der Waals surface area contributed by atoms with Crippen molar-refractivity contribution in [1.82, 2.24) is 15.2 Å². The molecule has 0 radical (unpaired) electrons. The van der Waals surface area contributed by atoms with Crippen molar-refractivity contribution in [3.05, 3.63) is 54.1 Å². The number of halogens is 1. The van der Waals surface area contributed by atoms with Gasteiger partial charge in [0.05, 0.1) is 11.2 Å². The average Bonchev–Trinajstić information content (AvgIpc) is 2.56. The fourth-order valence-corrected chi connectivity index (χ4v) is 2.98. The smallest absolute Gasteiger partial charge is 0.123 e. The zero-order valence-electron chi connectivity index (χ0n) is 13.1. The van der Waals surface area contributed by atoms with Crippen molar-refractivity contribution in [2.45, 2.75) is 19.4 Å². The maximum Gasteiger partial charge on any atom is 0.123 e. The number of benzene rings is 1. The van der Waals surface area contributed by atoms with Crippen LogP contribution in [0.4, 0.5) is 4.39 Å². The third-order valence-corrected chi connectivity index (χ3v) is 4.46. The minimum atomic E-state index is -0.220. The molecule has 0 amide bonds. The van der Waals surface area contributed by atoms with Crippen LogP contribution in [0, 0.1) is 5.82 Å². The van der Waals surface area contributed by atoms with Crippen molar-refractivity contribution in [2.24, 2.45) is 0 Å². The third kappa shape index (κ3) is 3.03. The highest BCUT2D eigenvalue weighted by atomic mass is 19.1. The summed E-state index contributed by atoms with van der Waals surface area (Å²) >= 11 is 0. The van der Waals surface area contributed by atoms with Crippen LogP contribution in [0.5, 0.6) is 0 Å². The Morgan fingerprint density at radius 3 is 2.50 bits per heavy atom. The fraction of sp³-hybridized carbons (Fsp3) is 0.389. The van der Waals surface area contributed by atoms with Crippen LogP contribution in [0.25, 0.3) is 11.1 Å². The van der Waals surface area contributed by atoms with Crippen LogP contribution in [0.1, 0.15) is 19.5 Å². The average molecular weight is 299 g/mol. The van der Waals surface area contributed by atoms with Crippen molar-refractivity contribution < 1.29 is 4.39 Å². The van der Waals surface area contributed by atoms with E-state index in [1.807, 2.05) is 18.3 Å². The van der Waals surface area contributed by atoms with Crippen LogP contribution >= 0.6 is 0 Å². The van der Waals surface area contributed by atoms with E-state index in [4.69, 9.17) is 0 Å². The lowest BCUT2D eigenvalue weighted by molar-refractivity contribution is 0.0988. The molecule has 3 nitrogen and oxygen atoms in total. The second-order valence-electron chi connectivity index (χ2n) is 6.24. The van der Waals surface area contributed by atoms with Gasteiger partial charge in [0.25, 0.3) is 0 Å². The van der Waals surface area contributed by atoms with Crippen molar-refractivity contribution in [3.63, 3.8) is 0 Å². The lowest BCUT2D eigenvalue weighted by Gasteiger charge is -2.40. The highest BCUT2D eigenvalue weighted by Crippen LogP contribution is 2.28. The monoisotopic (exact) mass is 299 g/mol. The number of pyridine rings is 1. The number of hydrogen-bond donors (Lipinski definition) is 1. The first-order valence-electron chi connectivity index (χ1n) is 7.75. The third-order valence-electron chi connectivity index (χ3n) is 4.46. The van der Waals surface area contributed by atoms with E-state index in [-0.39, 0.29) is 11.4 Å². The van der Waals surface area contributed by atoms with Crippen molar-refractivity contribution in [2.75, 3.05) is 26.2 Å². The summed E-state index contributed by atoms with van der Waals surface area (Å²) in [6.45, 7) is 8.52. The van der Waals surface area contributed by atoms with Crippen LogP contribution in [-0.4, -0.2) is 36.1 Å². The molecule has 1 aliphatic heterocycles. The summed E-state index contributed by atoms with van der Waals surface area (Å²) in [5, 5.41) is 3.38. The SMILES string of the molecule is CC(C)(c1ccc(-c2cccc(F)c2)cn1)N1CCNCC1. The number of piperazine rings is 1. The fourth-order valence-electron chi connectivity index (χ4n) is 2.98. The summed E-state index contributed by atoms with van der Waals surface area (Å²) in [4.78, 5) is 7.10. The second kappa shape index (κ2) is 6.15. The lowest BCUT2D eigenvalue weighted by Crippen LogP contribution is -2.52. The molecule has 22 heavy (non-hydrogen) atoms. The molecule has 4 heteroatoms. The van der Waals surface area contributed by atoms with Gasteiger partial charge in [-0.05, 0) is 37.6 Å². The van der Waals surface area contributed by atoms with E-state index in [0.29, 0.717) is 0 Å². The summed E-state index contributed by atoms with van der Waals surface area (Å²) in [5.74, 6) is -0.220. The van der Waals surface area contributed by atoms with Crippen LogP contribution in [0.3, 0.4) is 0 Å². The molecule has 0 saturated carbocycles. The molecule has 1 N–H and O–H groups in total. The molecule has 1 aliphatic rings. The number of aromatic nitrogens is 1. The molecule has 0 bridgehead atoms. The Kier molecular flexibility index (Phi) is 4.23. The maximum absolute atomic E-state index is 13.3. The first-order chi connectivity index (χ1) is 10.6. The van der Waals surface area contributed by atoms with Gasteiger partial charge in [0.1, 0.15) is 5.82 Å². The number of nitrogens with zero attached hydrogens (tertiary/aromatic N) is 2. The molecule has 3 rings (SSSR count). The minimum Gasteiger partial charge on any atom is -0.314 e. The Morgan fingerprint density at radius 2 is 1.86 bits per heavy atom. The number of nitrogens with one attached hydrogen (secondary N) is 1. The van der Waals surface area contributed by atoms with Gasteiger partial charge in [-0.2, -0.15) is 0 Å². The van der Waals surface area contributed by atoms with Gasteiger partial charge in [0, 0.05) is 37.9 Å². The highest BCUT2D eigenvalue weighted by molar-refractivity contribution is 5.62. The number of hydrogen-bond acceptors (Lipinski definition) is 3. The van der Waals surface area contributed by atoms with Crippen molar-refractivity contribution >= 4 is 0 Å². The van der Waals surface area contributed by atoms with E-state index >= 15 is 0 Å². The molecule has 0 aliphatic carbocycles. The Morgan fingerprint density at radius 1 is 1.09 bits per heavy atom. The van der Waals surface area contributed by atoms with Gasteiger partial charge in [-0.25, -0.2) is 4.39 Å². The van der Waals surface area contributed by atoms with E-state index in [9.17, 15) is 4.39 Å². The Bertz CT molecular complexity index is 631. The van der Waals surface area contributed by atoms with Crippen LogP contribution in [-0.2, 0) is 5.54 Å². The van der Waals surface area contributed by atoms with E-state index in [0.717, 1.165) is 43.0 Å². The molecule has 1 saturated heterocycles. The van der Waals surface area contributed by atoms with E-state index in [1.54, 1.807) is 6.07 Å². The predicted molar refractivity (Wildman–Crippen MR) is 87.1 cm³/mol. The lowest BCUT2D eigenvalue weighted by atomic mass is 9.95. The standard InChI is InChI=1S/C18H22FN3/c1-18(2,22-10-8-20-9-11-22)17-7-6-15(13-21-17)14-4-3-5-16(19)12-14/h3-7,12-13,20H,8-11H2,1-2H3. The molecule has 0 atom stereocenters. The van der Waals surface area contributed by atoms with Gasteiger partial charge in [0.15, 0.2) is 0 Å². The van der Waals surface area contributed by atoms with Gasteiger partial charge in [-0.3, -0.25) is 9.88 Å². The van der Waals surface area contributed by atoms with Gasteiger partial charge >= 0.3 is 0 Å². The molecule has 116 valence electrons. The van der Waals surface area contributed by atoms with E-state index in [1.165, 1.54) is 12.1 Å². The van der Waals surface area contributed by atoms with E-state index in [2.05, 4.69) is 35.1 Å².